The second-order valence-electron chi connectivity index (χ2n) is 4.51. The summed E-state index contributed by atoms with van der Waals surface area (Å²) in [6, 6.07) is 6.28. The van der Waals surface area contributed by atoms with E-state index in [0.29, 0.717) is 5.56 Å². The van der Waals surface area contributed by atoms with Gasteiger partial charge in [0.15, 0.2) is 0 Å². The molecule has 0 atom stereocenters. The molecule has 0 spiro atoms. The van der Waals surface area contributed by atoms with Crippen LogP contribution < -0.4 is 0 Å². The van der Waals surface area contributed by atoms with E-state index >= 15 is 0 Å². The maximum absolute atomic E-state index is 14.0. The molecule has 1 saturated carbocycles. The monoisotopic (exact) mass is 254 g/mol. The molecule has 0 bridgehead atoms. The average Bonchev–Trinajstić information content (AvgIpc) is 2.27. The van der Waals surface area contributed by atoms with Gasteiger partial charge in [-0.25, -0.2) is 4.79 Å². The zero-order valence-electron chi connectivity index (χ0n) is 10.3. The third-order valence-corrected chi connectivity index (χ3v) is 3.38. The van der Waals surface area contributed by atoms with Crippen LogP contribution in [0, 0.1) is 0 Å². The summed E-state index contributed by atoms with van der Waals surface area (Å²) in [5.41, 5.74) is 0.384. The first-order valence-corrected chi connectivity index (χ1v) is 6.21. The zero-order chi connectivity index (χ0) is 13.2. The molecule has 18 heavy (non-hydrogen) atoms. The Balaban J connectivity index is 2.34. The fraction of sp³-hybridized carbons (Fsp3) is 0.500. The number of hydrogen-bond acceptors (Lipinski definition) is 2. The van der Waals surface area contributed by atoms with Gasteiger partial charge in [-0.1, -0.05) is 30.7 Å². The maximum Gasteiger partial charge on any atom is 0.381 e. The molecule has 1 aromatic rings. The molecule has 0 radical (unpaired) electrons. The van der Waals surface area contributed by atoms with E-state index in [1.54, 1.807) is 12.1 Å². The molecule has 0 saturated heterocycles. The van der Waals surface area contributed by atoms with E-state index in [-0.39, 0.29) is 18.1 Å². The quantitative estimate of drug-likeness (QED) is 0.767. The number of carbonyl (C=O) groups excluding carboxylic acids is 1. The molecule has 2 nitrogen and oxygen atoms in total. The Bertz CT molecular complexity index is 439. The van der Waals surface area contributed by atoms with E-state index in [4.69, 9.17) is 0 Å². The summed E-state index contributed by atoms with van der Waals surface area (Å²) in [6.07, 6.45) is 2.88. The van der Waals surface area contributed by atoms with Gasteiger partial charge in [0.2, 0.25) is 0 Å². The second-order valence-corrected chi connectivity index (χ2v) is 4.51. The minimum atomic E-state index is -3.55. The van der Waals surface area contributed by atoms with Gasteiger partial charge in [0.25, 0.3) is 0 Å². The van der Waals surface area contributed by atoms with Gasteiger partial charge in [-0.3, -0.25) is 0 Å². The average molecular weight is 254 g/mol. The van der Waals surface area contributed by atoms with Crippen LogP contribution >= 0.6 is 0 Å². The minimum Gasteiger partial charge on any atom is -0.461 e. The third kappa shape index (κ3) is 2.24. The first kappa shape index (κ1) is 13.0. The van der Waals surface area contributed by atoms with Gasteiger partial charge in [0, 0.05) is 5.56 Å². The number of carbonyl (C=O) groups is 1. The highest BCUT2D eigenvalue weighted by atomic mass is 19.3. The number of halogens is 2. The SMILES string of the molecule is CCOC(=O)C(F)(F)c1ccccc1C1CCC1. The maximum atomic E-state index is 14.0. The van der Waals surface area contributed by atoms with Crippen LogP contribution in [0.25, 0.3) is 0 Å². The summed E-state index contributed by atoms with van der Waals surface area (Å²) >= 11 is 0. The number of alkyl halides is 2. The number of rotatable bonds is 4. The van der Waals surface area contributed by atoms with E-state index in [2.05, 4.69) is 4.74 Å². The largest absolute Gasteiger partial charge is 0.461 e. The van der Waals surface area contributed by atoms with Crippen molar-refractivity contribution in [2.24, 2.45) is 0 Å². The van der Waals surface area contributed by atoms with Crippen LogP contribution in [-0.2, 0) is 15.5 Å². The Morgan fingerprint density at radius 2 is 2.06 bits per heavy atom. The lowest BCUT2D eigenvalue weighted by Crippen LogP contribution is -2.30. The number of esters is 1. The number of benzene rings is 1. The summed E-state index contributed by atoms with van der Waals surface area (Å²) in [6.45, 7) is 1.48. The van der Waals surface area contributed by atoms with Gasteiger partial charge in [0.1, 0.15) is 0 Å². The summed E-state index contributed by atoms with van der Waals surface area (Å²) in [5.74, 6) is -4.86. The normalized spacial score (nSPS) is 16.2. The van der Waals surface area contributed by atoms with Gasteiger partial charge in [-0.15, -0.1) is 0 Å². The van der Waals surface area contributed by atoms with E-state index < -0.39 is 11.9 Å². The smallest absolute Gasteiger partial charge is 0.381 e. The molecule has 1 aromatic carbocycles. The molecule has 0 N–H and O–H groups in total. The number of hydrogen-bond donors (Lipinski definition) is 0. The fourth-order valence-corrected chi connectivity index (χ4v) is 2.19. The number of ether oxygens (including phenoxy) is 1. The Morgan fingerprint density at radius 1 is 1.39 bits per heavy atom. The lowest BCUT2D eigenvalue weighted by molar-refractivity contribution is -0.173. The van der Waals surface area contributed by atoms with Gasteiger partial charge in [-0.05, 0) is 31.2 Å². The molecule has 0 unspecified atom stereocenters. The fourth-order valence-electron chi connectivity index (χ4n) is 2.19. The van der Waals surface area contributed by atoms with Crippen LogP contribution in [0.3, 0.4) is 0 Å². The minimum absolute atomic E-state index is 0.0416. The summed E-state index contributed by atoms with van der Waals surface area (Å²) < 4.78 is 32.5. The van der Waals surface area contributed by atoms with E-state index in [9.17, 15) is 13.6 Å². The highest BCUT2D eigenvalue weighted by molar-refractivity contribution is 5.80. The van der Waals surface area contributed by atoms with E-state index in [1.807, 2.05) is 0 Å². The van der Waals surface area contributed by atoms with Crippen LogP contribution in [0.1, 0.15) is 43.2 Å². The molecule has 0 aliphatic heterocycles. The van der Waals surface area contributed by atoms with Crippen molar-refractivity contribution in [2.45, 2.75) is 38.0 Å². The molecular weight excluding hydrogens is 238 g/mol. The topological polar surface area (TPSA) is 26.3 Å². The van der Waals surface area contributed by atoms with Crippen molar-refractivity contribution in [3.8, 4) is 0 Å². The van der Waals surface area contributed by atoms with Crippen LogP contribution in [0.5, 0.6) is 0 Å². The summed E-state index contributed by atoms with van der Waals surface area (Å²) in [7, 11) is 0. The van der Waals surface area contributed by atoms with Gasteiger partial charge in [-0.2, -0.15) is 8.78 Å². The Kier molecular flexibility index (Phi) is 3.64. The van der Waals surface area contributed by atoms with Crippen molar-refractivity contribution in [3.63, 3.8) is 0 Å². The molecule has 1 aliphatic carbocycles. The van der Waals surface area contributed by atoms with Crippen molar-refractivity contribution < 1.29 is 18.3 Å². The van der Waals surface area contributed by atoms with Gasteiger partial charge in [0.05, 0.1) is 6.61 Å². The predicted molar refractivity (Wildman–Crippen MR) is 63.6 cm³/mol. The van der Waals surface area contributed by atoms with E-state index in [1.165, 1.54) is 19.1 Å². The van der Waals surface area contributed by atoms with Crippen molar-refractivity contribution in [1.82, 2.24) is 0 Å². The first-order chi connectivity index (χ1) is 8.57. The second kappa shape index (κ2) is 5.04. The standard InChI is InChI=1S/C14H16F2O2/c1-2-18-13(17)14(15,16)12-9-4-3-8-11(12)10-6-5-7-10/h3-4,8-10H,2,5-7H2,1H3. The highest BCUT2D eigenvalue weighted by Gasteiger charge is 2.45. The summed E-state index contributed by atoms with van der Waals surface area (Å²) in [5, 5.41) is 0. The van der Waals surface area contributed by atoms with Gasteiger partial charge >= 0.3 is 11.9 Å². The highest BCUT2D eigenvalue weighted by Crippen LogP contribution is 2.42. The van der Waals surface area contributed by atoms with Crippen molar-refractivity contribution in [2.75, 3.05) is 6.61 Å². The Labute approximate surface area is 105 Å². The zero-order valence-corrected chi connectivity index (χ0v) is 10.3. The van der Waals surface area contributed by atoms with Crippen molar-refractivity contribution >= 4 is 5.97 Å². The molecule has 0 aromatic heterocycles. The molecule has 1 fully saturated rings. The molecular formula is C14H16F2O2. The third-order valence-electron chi connectivity index (χ3n) is 3.38. The van der Waals surface area contributed by atoms with Crippen molar-refractivity contribution in [3.05, 3.63) is 35.4 Å². The van der Waals surface area contributed by atoms with Crippen LogP contribution in [0.2, 0.25) is 0 Å². The lowest BCUT2D eigenvalue weighted by atomic mass is 9.77. The Hall–Kier alpha value is -1.45. The molecule has 2 rings (SSSR count). The predicted octanol–water partition coefficient (Wildman–Crippen LogP) is 3.61. The molecule has 1 aliphatic rings. The van der Waals surface area contributed by atoms with E-state index in [0.717, 1.165) is 19.3 Å². The Morgan fingerprint density at radius 3 is 2.61 bits per heavy atom. The van der Waals surface area contributed by atoms with Crippen LogP contribution in [0.15, 0.2) is 24.3 Å². The van der Waals surface area contributed by atoms with Gasteiger partial charge < -0.3 is 4.74 Å². The summed E-state index contributed by atoms with van der Waals surface area (Å²) in [4.78, 5) is 11.4. The molecule has 98 valence electrons. The molecule has 4 heteroatoms. The van der Waals surface area contributed by atoms with Crippen LogP contribution in [-0.4, -0.2) is 12.6 Å². The lowest BCUT2D eigenvalue weighted by Gasteiger charge is -2.29. The first-order valence-electron chi connectivity index (χ1n) is 6.21. The van der Waals surface area contributed by atoms with Crippen molar-refractivity contribution in [1.29, 1.82) is 0 Å². The molecule has 0 heterocycles. The van der Waals surface area contributed by atoms with Crippen LogP contribution in [0.4, 0.5) is 8.78 Å². The molecule has 0 amide bonds.